The molecule has 1 atom stereocenters. The van der Waals surface area contributed by atoms with Gasteiger partial charge in [0.15, 0.2) is 0 Å². The van der Waals surface area contributed by atoms with E-state index in [1.165, 1.54) is 43.5 Å². The van der Waals surface area contributed by atoms with Crippen molar-refractivity contribution < 1.29 is 27.4 Å². The smallest absolute Gasteiger partial charge is 0.261 e. The van der Waals surface area contributed by atoms with Gasteiger partial charge in [-0.05, 0) is 60.2 Å². The standard InChI is InChI=1S/C22H21FN2O5S/c1-30-19-11-5-15(6-12-19)21(26)14-24-22(27)16-3-2-4-20(13-16)31(28,29)25-18-9-7-17(23)8-10-18/h2-13,21,25-26H,14H2,1H3,(H,24,27). The molecule has 31 heavy (non-hydrogen) atoms. The van der Waals surface area contributed by atoms with Crippen LogP contribution in [0.4, 0.5) is 10.1 Å². The van der Waals surface area contributed by atoms with E-state index in [1.54, 1.807) is 24.3 Å². The van der Waals surface area contributed by atoms with Gasteiger partial charge in [0.05, 0.1) is 18.1 Å². The maximum Gasteiger partial charge on any atom is 0.261 e. The molecule has 0 radical (unpaired) electrons. The highest BCUT2D eigenvalue weighted by molar-refractivity contribution is 7.92. The van der Waals surface area contributed by atoms with Gasteiger partial charge >= 0.3 is 0 Å². The van der Waals surface area contributed by atoms with Crippen molar-refractivity contribution in [2.75, 3.05) is 18.4 Å². The maximum absolute atomic E-state index is 13.0. The van der Waals surface area contributed by atoms with Gasteiger partial charge in [0, 0.05) is 17.8 Å². The highest BCUT2D eigenvalue weighted by Crippen LogP contribution is 2.19. The van der Waals surface area contributed by atoms with Crippen LogP contribution < -0.4 is 14.8 Å². The molecule has 0 spiro atoms. The summed E-state index contributed by atoms with van der Waals surface area (Å²) in [6.45, 7) is -0.0596. The molecule has 0 saturated heterocycles. The molecule has 0 heterocycles. The Labute approximate surface area is 179 Å². The van der Waals surface area contributed by atoms with Crippen molar-refractivity contribution in [3.8, 4) is 5.75 Å². The van der Waals surface area contributed by atoms with Gasteiger partial charge in [0.1, 0.15) is 11.6 Å². The van der Waals surface area contributed by atoms with E-state index in [-0.39, 0.29) is 22.7 Å². The molecule has 0 fully saturated rings. The number of benzene rings is 3. The number of hydrogen-bond donors (Lipinski definition) is 3. The quantitative estimate of drug-likeness (QED) is 0.495. The van der Waals surface area contributed by atoms with Crippen molar-refractivity contribution in [1.29, 1.82) is 0 Å². The minimum absolute atomic E-state index is 0.0596. The number of rotatable bonds is 8. The fourth-order valence-corrected chi connectivity index (χ4v) is 3.88. The Morgan fingerprint density at radius 1 is 1.06 bits per heavy atom. The molecule has 0 bridgehead atoms. The summed E-state index contributed by atoms with van der Waals surface area (Å²) in [5.74, 6) is -0.378. The number of carbonyl (C=O) groups is 1. The molecule has 7 nitrogen and oxygen atoms in total. The molecule has 0 aromatic heterocycles. The number of carbonyl (C=O) groups excluding carboxylic acids is 1. The molecular weight excluding hydrogens is 423 g/mol. The first-order valence-corrected chi connectivity index (χ1v) is 10.8. The van der Waals surface area contributed by atoms with Gasteiger partial charge in [-0.15, -0.1) is 0 Å². The van der Waals surface area contributed by atoms with Crippen LogP contribution in [0.5, 0.6) is 5.75 Å². The van der Waals surface area contributed by atoms with Crippen LogP contribution in [0.2, 0.25) is 0 Å². The van der Waals surface area contributed by atoms with Gasteiger partial charge < -0.3 is 15.2 Å². The van der Waals surface area contributed by atoms with Crippen molar-refractivity contribution >= 4 is 21.6 Å². The van der Waals surface area contributed by atoms with Crippen molar-refractivity contribution in [2.45, 2.75) is 11.0 Å². The SMILES string of the molecule is COc1ccc(C(O)CNC(=O)c2cccc(S(=O)(=O)Nc3ccc(F)cc3)c2)cc1. The van der Waals surface area contributed by atoms with Gasteiger partial charge in [-0.3, -0.25) is 9.52 Å². The normalized spacial score (nSPS) is 12.1. The van der Waals surface area contributed by atoms with E-state index in [0.29, 0.717) is 11.3 Å². The van der Waals surface area contributed by atoms with Crippen LogP contribution in [0.25, 0.3) is 0 Å². The predicted octanol–water partition coefficient (Wildman–Crippen LogP) is 3.10. The molecule has 3 aromatic rings. The van der Waals surface area contributed by atoms with Crippen LogP contribution in [0.3, 0.4) is 0 Å². The van der Waals surface area contributed by atoms with E-state index in [9.17, 15) is 22.7 Å². The average molecular weight is 444 g/mol. The molecule has 3 N–H and O–H groups in total. The lowest BCUT2D eigenvalue weighted by atomic mass is 10.1. The molecule has 0 aliphatic carbocycles. The van der Waals surface area contributed by atoms with Crippen molar-refractivity contribution in [1.82, 2.24) is 5.32 Å². The first-order chi connectivity index (χ1) is 14.8. The number of ether oxygens (including phenoxy) is 1. The van der Waals surface area contributed by atoms with Crippen LogP contribution in [0, 0.1) is 5.82 Å². The van der Waals surface area contributed by atoms with Gasteiger partial charge in [-0.1, -0.05) is 18.2 Å². The summed E-state index contributed by atoms with van der Waals surface area (Å²) in [4.78, 5) is 12.3. The fourth-order valence-electron chi connectivity index (χ4n) is 2.77. The predicted molar refractivity (Wildman–Crippen MR) is 114 cm³/mol. The second-order valence-corrected chi connectivity index (χ2v) is 8.32. The molecule has 162 valence electrons. The summed E-state index contributed by atoms with van der Waals surface area (Å²) in [6, 6.07) is 17.1. The lowest BCUT2D eigenvalue weighted by molar-refractivity contribution is 0.0916. The Morgan fingerprint density at radius 2 is 1.74 bits per heavy atom. The summed E-state index contributed by atoms with van der Waals surface area (Å²) in [6.07, 6.45) is -0.943. The third-order valence-electron chi connectivity index (χ3n) is 4.46. The molecule has 1 amide bonds. The molecular formula is C22H21FN2O5S. The van der Waals surface area contributed by atoms with Crippen LogP contribution in [-0.4, -0.2) is 33.1 Å². The summed E-state index contributed by atoms with van der Waals surface area (Å²) in [7, 11) is -2.44. The number of methoxy groups -OCH3 is 1. The maximum atomic E-state index is 13.0. The van der Waals surface area contributed by atoms with Crippen LogP contribution in [0.1, 0.15) is 22.0 Å². The average Bonchev–Trinajstić information content (AvgIpc) is 2.78. The molecule has 3 aromatic carbocycles. The largest absolute Gasteiger partial charge is 0.497 e. The number of anilines is 1. The lowest BCUT2D eigenvalue weighted by Crippen LogP contribution is -2.28. The number of aliphatic hydroxyl groups excluding tert-OH is 1. The molecule has 9 heteroatoms. The molecule has 0 saturated carbocycles. The number of aliphatic hydroxyl groups is 1. The van der Waals surface area contributed by atoms with Gasteiger partial charge in [0.25, 0.3) is 15.9 Å². The highest BCUT2D eigenvalue weighted by atomic mass is 32.2. The minimum atomic E-state index is -3.98. The summed E-state index contributed by atoms with van der Waals surface area (Å²) >= 11 is 0. The van der Waals surface area contributed by atoms with Gasteiger partial charge in [-0.25, -0.2) is 12.8 Å². The number of amides is 1. The number of sulfonamides is 1. The summed E-state index contributed by atoms with van der Waals surface area (Å²) in [5, 5.41) is 12.8. The second kappa shape index (κ2) is 9.59. The monoisotopic (exact) mass is 444 g/mol. The number of hydrogen-bond acceptors (Lipinski definition) is 5. The van der Waals surface area contributed by atoms with E-state index in [2.05, 4.69) is 10.0 Å². The Morgan fingerprint density at radius 3 is 2.39 bits per heavy atom. The highest BCUT2D eigenvalue weighted by Gasteiger charge is 2.17. The molecule has 0 aliphatic heterocycles. The molecule has 0 aliphatic rings. The van der Waals surface area contributed by atoms with Crippen molar-refractivity contribution in [2.24, 2.45) is 0 Å². The third kappa shape index (κ3) is 5.80. The van der Waals surface area contributed by atoms with Crippen LogP contribution in [-0.2, 0) is 10.0 Å². The van der Waals surface area contributed by atoms with Crippen LogP contribution in [0.15, 0.2) is 77.7 Å². The minimum Gasteiger partial charge on any atom is -0.497 e. The zero-order chi connectivity index (χ0) is 22.4. The zero-order valence-corrected chi connectivity index (χ0v) is 17.4. The van der Waals surface area contributed by atoms with Gasteiger partial charge in [0.2, 0.25) is 0 Å². The molecule has 3 rings (SSSR count). The Hall–Kier alpha value is -3.43. The summed E-state index contributed by atoms with van der Waals surface area (Å²) in [5.41, 5.74) is 0.906. The number of halogens is 1. The van der Waals surface area contributed by atoms with E-state index in [4.69, 9.17) is 4.74 Å². The van der Waals surface area contributed by atoms with E-state index >= 15 is 0 Å². The Kier molecular flexibility index (Phi) is 6.88. The first kappa shape index (κ1) is 22.3. The fraction of sp³-hybridized carbons (Fsp3) is 0.136. The van der Waals surface area contributed by atoms with E-state index < -0.39 is 27.9 Å². The third-order valence-corrected chi connectivity index (χ3v) is 5.84. The number of nitrogens with one attached hydrogen (secondary N) is 2. The van der Waals surface area contributed by atoms with Crippen molar-refractivity contribution in [3.63, 3.8) is 0 Å². The van der Waals surface area contributed by atoms with Crippen molar-refractivity contribution in [3.05, 3.63) is 89.7 Å². The Balaban J connectivity index is 1.66. The first-order valence-electron chi connectivity index (χ1n) is 9.27. The summed E-state index contributed by atoms with van der Waals surface area (Å²) < 4.78 is 45.6. The van der Waals surface area contributed by atoms with E-state index in [0.717, 1.165) is 12.1 Å². The molecule has 1 unspecified atom stereocenters. The topological polar surface area (TPSA) is 105 Å². The lowest BCUT2D eigenvalue weighted by Gasteiger charge is -2.13. The second-order valence-electron chi connectivity index (χ2n) is 6.64. The zero-order valence-electron chi connectivity index (χ0n) is 16.6. The van der Waals surface area contributed by atoms with E-state index in [1.807, 2.05) is 0 Å². The Bertz CT molecular complexity index is 1150. The van der Waals surface area contributed by atoms with Gasteiger partial charge in [-0.2, -0.15) is 0 Å². The van der Waals surface area contributed by atoms with Crippen LogP contribution >= 0.6 is 0 Å².